The molecule has 0 radical (unpaired) electrons. The van der Waals surface area contributed by atoms with Gasteiger partial charge in [-0.3, -0.25) is 4.79 Å². The molecular formula is C13H10F2O. The van der Waals surface area contributed by atoms with Crippen LogP contribution in [0.2, 0.25) is 0 Å². The van der Waals surface area contributed by atoms with Crippen LogP contribution in [0.25, 0.3) is 10.8 Å². The third kappa shape index (κ3) is 1.48. The van der Waals surface area contributed by atoms with Crippen molar-refractivity contribution >= 4 is 17.1 Å². The van der Waals surface area contributed by atoms with Crippen molar-refractivity contribution < 1.29 is 13.6 Å². The van der Waals surface area contributed by atoms with E-state index in [4.69, 9.17) is 0 Å². The van der Waals surface area contributed by atoms with Crippen LogP contribution in [0.1, 0.15) is 22.8 Å². The Hall–Kier alpha value is -1.77. The summed E-state index contributed by atoms with van der Waals surface area (Å²) in [5.74, 6) is -1.88. The van der Waals surface area contributed by atoms with Gasteiger partial charge in [-0.1, -0.05) is 25.1 Å². The quantitative estimate of drug-likeness (QED) is 0.708. The molecule has 0 fully saturated rings. The molecule has 0 saturated carbocycles. The molecular weight excluding hydrogens is 210 g/mol. The highest BCUT2D eigenvalue weighted by Gasteiger charge is 2.13. The van der Waals surface area contributed by atoms with E-state index in [2.05, 4.69) is 0 Å². The van der Waals surface area contributed by atoms with E-state index >= 15 is 0 Å². The highest BCUT2D eigenvalue weighted by molar-refractivity contribution is 6.00. The molecule has 0 aliphatic rings. The van der Waals surface area contributed by atoms with Gasteiger partial charge < -0.3 is 0 Å². The van der Waals surface area contributed by atoms with Gasteiger partial charge in [0.1, 0.15) is 0 Å². The van der Waals surface area contributed by atoms with Gasteiger partial charge in [-0.15, -0.1) is 0 Å². The van der Waals surface area contributed by atoms with Gasteiger partial charge in [0.15, 0.2) is 17.9 Å². The van der Waals surface area contributed by atoms with Crippen molar-refractivity contribution in [2.75, 3.05) is 0 Å². The van der Waals surface area contributed by atoms with E-state index in [1.807, 2.05) is 6.92 Å². The van der Waals surface area contributed by atoms with E-state index in [1.54, 1.807) is 12.1 Å². The number of benzene rings is 2. The molecule has 0 aliphatic carbocycles. The Morgan fingerprint density at radius 3 is 2.50 bits per heavy atom. The smallest absolute Gasteiger partial charge is 0.167 e. The summed E-state index contributed by atoms with van der Waals surface area (Å²) in [7, 11) is 0. The molecule has 82 valence electrons. The number of rotatable bonds is 2. The lowest BCUT2D eigenvalue weighted by atomic mass is 9.98. The standard InChI is InChI=1S/C13H10F2O/c1-2-8-3-4-9-5-6-11(14)13(15)12(9)10(8)7-16/h3-7H,2H2,1H3. The van der Waals surface area contributed by atoms with E-state index in [0.717, 1.165) is 11.6 Å². The first-order chi connectivity index (χ1) is 7.69. The summed E-state index contributed by atoms with van der Waals surface area (Å²) in [6.45, 7) is 1.87. The van der Waals surface area contributed by atoms with E-state index in [9.17, 15) is 13.6 Å². The Kier molecular flexibility index (Phi) is 2.69. The molecule has 0 aromatic heterocycles. The van der Waals surface area contributed by atoms with Crippen LogP contribution in [0.4, 0.5) is 8.78 Å². The maximum Gasteiger partial charge on any atom is 0.167 e. The van der Waals surface area contributed by atoms with Crippen LogP contribution in [-0.4, -0.2) is 6.29 Å². The van der Waals surface area contributed by atoms with Crippen LogP contribution in [0.5, 0.6) is 0 Å². The lowest BCUT2D eigenvalue weighted by Crippen LogP contribution is -1.96. The van der Waals surface area contributed by atoms with Gasteiger partial charge in [0, 0.05) is 10.9 Å². The zero-order chi connectivity index (χ0) is 11.7. The van der Waals surface area contributed by atoms with E-state index < -0.39 is 11.6 Å². The Bertz CT molecular complexity index is 561. The SMILES string of the molecule is CCc1ccc2ccc(F)c(F)c2c1C=O. The molecule has 0 saturated heterocycles. The van der Waals surface area contributed by atoms with Crippen LogP contribution in [0.15, 0.2) is 24.3 Å². The van der Waals surface area contributed by atoms with Crippen molar-refractivity contribution in [3.8, 4) is 0 Å². The predicted octanol–water partition coefficient (Wildman–Crippen LogP) is 3.49. The van der Waals surface area contributed by atoms with Crippen molar-refractivity contribution in [1.82, 2.24) is 0 Å². The number of hydrogen-bond donors (Lipinski definition) is 0. The summed E-state index contributed by atoms with van der Waals surface area (Å²) in [5, 5.41) is 0.618. The third-order valence-electron chi connectivity index (χ3n) is 2.71. The van der Waals surface area contributed by atoms with Crippen LogP contribution in [-0.2, 0) is 6.42 Å². The minimum absolute atomic E-state index is 0.0781. The second kappa shape index (κ2) is 4.00. The molecule has 0 aliphatic heterocycles. The third-order valence-corrected chi connectivity index (χ3v) is 2.71. The fourth-order valence-electron chi connectivity index (χ4n) is 1.86. The number of aryl methyl sites for hydroxylation is 1. The van der Waals surface area contributed by atoms with E-state index in [0.29, 0.717) is 18.1 Å². The number of halogens is 2. The van der Waals surface area contributed by atoms with Crippen LogP contribution in [0, 0.1) is 11.6 Å². The second-order valence-electron chi connectivity index (χ2n) is 3.57. The van der Waals surface area contributed by atoms with Gasteiger partial charge in [-0.05, 0) is 23.4 Å². The predicted molar refractivity (Wildman–Crippen MR) is 58.6 cm³/mol. The molecule has 0 N–H and O–H groups in total. The Morgan fingerprint density at radius 2 is 1.88 bits per heavy atom. The first-order valence-electron chi connectivity index (χ1n) is 5.03. The topological polar surface area (TPSA) is 17.1 Å². The number of hydrogen-bond acceptors (Lipinski definition) is 1. The van der Waals surface area contributed by atoms with Crippen LogP contribution in [0.3, 0.4) is 0 Å². The van der Waals surface area contributed by atoms with E-state index in [1.165, 1.54) is 6.07 Å². The van der Waals surface area contributed by atoms with Crippen molar-refractivity contribution in [3.05, 3.63) is 47.0 Å². The first kappa shape index (κ1) is 10.7. The number of carbonyl (C=O) groups is 1. The molecule has 0 atom stereocenters. The Labute approximate surface area is 91.7 Å². The molecule has 16 heavy (non-hydrogen) atoms. The summed E-state index contributed by atoms with van der Waals surface area (Å²) >= 11 is 0. The largest absolute Gasteiger partial charge is 0.298 e. The molecule has 0 spiro atoms. The van der Waals surface area contributed by atoms with Gasteiger partial charge in [0.2, 0.25) is 0 Å². The number of fused-ring (bicyclic) bond motifs is 1. The molecule has 2 aromatic carbocycles. The fourth-order valence-corrected chi connectivity index (χ4v) is 1.86. The van der Waals surface area contributed by atoms with Crippen LogP contribution < -0.4 is 0 Å². The minimum atomic E-state index is -0.949. The Morgan fingerprint density at radius 1 is 1.19 bits per heavy atom. The molecule has 0 amide bonds. The number of aldehydes is 1. The van der Waals surface area contributed by atoms with Gasteiger partial charge in [0.05, 0.1) is 0 Å². The monoisotopic (exact) mass is 220 g/mol. The van der Waals surface area contributed by atoms with Gasteiger partial charge in [-0.2, -0.15) is 0 Å². The molecule has 0 heterocycles. The van der Waals surface area contributed by atoms with Gasteiger partial charge in [-0.25, -0.2) is 8.78 Å². The summed E-state index contributed by atoms with van der Waals surface area (Å²) < 4.78 is 26.7. The molecule has 3 heteroatoms. The summed E-state index contributed by atoms with van der Waals surface area (Å²) in [6, 6.07) is 6.01. The van der Waals surface area contributed by atoms with Crippen molar-refractivity contribution in [2.45, 2.75) is 13.3 Å². The second-order valence-corrected chi connectivity index (χ2v) is 3.57. The summed E-state index contributed by atoms with van der Waals surface area (Å²) in [4.78, 5) is 11.0. The van der Waals surface area contributed by atoms with Gasteiger partial charge in [0.25, 0.3) is 0 Å². The molecule has 0 bridgehead atoms. The highest BCUT2D eigenvalue weighted by Crippen LogP contribution is 2.26. The molecule has 2 aromatic rings. The lowest BCUT2D eigenvalue weighted by molar-refractivity contribution is 0.112. The maximum atomic E-state index is 13.6. The number of carbonyl (C=O) groups excluding carboxylic acids is 1. The highest BCUT2D eigenvalue weighted by atomic mass is 19.2. The van der Waals surface area contributed by atoms with Crippen molar-refractivity contribution in [1.29, 1.82) is 0 Å². The van der Waals surface area contributed by atoms with Gasteiger partial charge >= 0.3 is 0 Å². The van der Waals surface area contributed by atoms with E-state index in [-0.39, 0.29) is 10.9 Å². The summed E-state index contributed by atoms with van der Waals surface area (Å²) in [6.07, 6.45) is 1.20. The zero-order valence-electron chi connectivity index (χ0n) is 8.76. The van der Waals surface area contributed by atoms with Crippen molar-refractivity contribution in [3.63, 3.8) is 0 Å². The molecule has 1 nitrogen and oxygen atoms in total. The first-order valence-corrected chi connectivity index (χ1v) is 5.03. The van der Waals surface area contributed by atoms with Crippen molar-refractivity contribution in [2.24, 2.45) is 0 Å². The normalized spacial score (nSPS) is 10.7. The summed E-state index contributed by atoms with van der Waals surface area (Å²) in [5.41, 5.74) is 0.976. The minimum Gasteiger partial charge on any atom is -0.298 e. The average molecular weight is 220 g/mol. The fraction of sp³-hybridized carbons (Fsp3) is 0.154. The van der Waals surface area contributed by atoms with Crippen LogP contribution >= 0.6 is 0 Å². The lowest BCUT2D eigenvalue weighted by Gasteiger charge is -2.07. The zero-order valence-corrected chi connectivity index (χ0v) is 8.76. The Balaban J connectivity index is 2.94. The maximum absolute atomic E-state index is 13.6. The molecule has 2 rings (SSSR count). The average Bonchev–Trinajstić information content (AvgIpc) is 2.32. The molecule has 0 unspecified atom stereocenters.